The maximum atomic E-state index is 12.2. The van der Waals surface area contributed by atoms with Crippen molar-refractivity contribution < 1.29 is 34.0 Å². The predicted octanol–water partition coefficient (Wildman–Crippen LogP) is 7.16. The summed E-state index contributed by atoms with van der Waals surface area (Å²) >= 11 is 0. The number of hydrogen-bond donors (Lipinski definition) is 2. The van der Waals surface area contributed by atoms with Gasteiger partial charge in [-0.05, 0) is 80.2 Å². The summed E-state index contributed by atoms with van der Waals surface area (Å²) in [4.78, 5) is 24.3. The van der Waals surface area contributed by atoms with Crippen LogP contribution in [-0.2, 0) is 19.1 Å². The molecule has 0 heterocycles. The van der Waals surface area contributed by atoms with Crippen LogP contribution in [0.15, 0.2) is 72.8 Å². The summed E-state index contributed by atoms with van der Waals surface area (Å²) in [6, 6.07) is 16.7. The zero-order valence-corrected chi connectivity index (χ0v) is 26.6. The van der Waals surface area contributed by atoms with Crippen LogP contribution >= 0.6 is 0 Å². The highest BCUT2D eigenvalue weighted by Gasteiger charge is 2.23. The molecule has 44 heavy (non-hydrogen) atoms. The van der Waals surface area contributed by atoms with Crippen LogP contribution in [0, 0.1) is 11.8 Å². The first-order valence-electron chi connectivity index (χ1n) is 16.0. The fourth-order valence-corrected chi connectivity index (χ4v) is 5.43. The lowest BCUT2D eigenvalue weighted by Crippen LogP contribution is -2.28. The lowest BCUT2D eigenvalue weighted by Gasteiger charge is -2.29. The summed E-state index contributed by atoms with van der Waals surface area (Å²) in [5.74, 6) is 0.188. The first-order valence-corrected chi connectivity index (χ1v) is 16.0. The van der Waals surface area contributed by atoms with Gasteiger partial charge in [-0.25, -0.2) is 9.59 Å². The van der Waals surface area contributed by atoms with E-state index >= 15 is 0 Å². The Hall–Kier alpha value is -3.42. The van der Waals surface area contributed by atoms with Crippen molar-refractivity contribution in [2.24, 2.45) is 11.8 Å². The first-order chi connectivity index (χ1) is 21.1. The topological polar surface area (TPSA) is 102 Å². The van der Waals surface area contributed by atoms with Gasteiger partial charge in [-0.2, -0.15) is 0 Å². The van der Waals surface area contributed by atoms with E-state index in [9.17, 15) is 19.8 Å². The highest BCUT2D eigenvalue weighted by atomic mass is 16.6. The monoisotopic (exact) mass is 606 g/mol. The SMILES string of the molecule is C=C(C(=O)OCC(COC(=O)C(=C)C(C)O)COc1ccc(-c2ccc(C3CCC(CCCCC)CC3)cc2)cc1)C(C)O. The molecule has 0 radical (unpaired) electrons. The van der Waals surface area contributed by atoms with Gasteiger partial charge in [0.15, 0.2) is 0 Å². The summed E-state index contributed by atoms with van der Waals surface area (Å²) in [6.45, 7) is 12.0. The van der Waals surface area contributed by atoms with Crippen molar-refractivity contribution in [3.63, 3.8) is 0 Å². The summed E-state index contributed by atoms with van der Waals surface area (Å²) in [5, 5.41) is 19.2. The van der Waals surface area contributed by atoms with Crippen molar-refractivity contribution in [2.75, 3.05) is 19.8 Å². The molecule has 0 aliphatic heterocycles. The highest BCUT2D eigenvalue weighted by molar-refractivity contribution is 5.89. The van der Waals surface area contributed by atoms with Gasteiger partial charge in [-0.3, -0.25) is 0 Å². The molecule has 2 unspecified atom stereocenters. The van der Waals surface area contributed by atoms with Crippen molar-refractivity contribution in [3.05, 3.63) is 78.4 Å². The molecule has 1 aliphatic rings. The van der Waals surface area contributed by atoms with E-state index in [-0.39, 0.29) is 31.0 Å². The van der Waals surface area contributed by atoms with Crippen LogP contribution in [0.5, 0.6) is 5.75 Å². The zero-order chi connectivity index (χ0) is 32.1. The lowest BCUT2D eigenvalue weighted by molar-refractivity contribution is -0.145. The average Bonchev–Trinajstić information content (AvgIpc) is 3.04. The number of ether oxygens (including phenoxy) is 3. The molecule has 1 aliphatic carbocycles. The normalized spacial score (nSPS) is 18.5. The third kappa shape index (κ3) is 10.9. The number of hydrogen-bond acceptors (Lipinski definition) is 7. The molecule has 0 bridgehead atoms. The molecule has 0 amide bonds. The second-order valence-corrected chi connectivity index (χ2v) is 12.1. The van der Waals surface area contributed by atoms with Gasteiger partial charge in [-0.1, -0.05) is 82.2 Å². The average molecular weight is 607 g/mol. The second-order valence-electron chi connectivity index (χ2n) is 12.1. The quantitative estimate of drug-likeness (QED) is 0.112. The van der Waals surface area contributed by atoms with Gasteiger partial charge < -0.3 is 24.4 Å². The molecule has 240 valence electrons. The Morgan fingerprint density at radius 1 is 0.773 bits per heavy atom. The minimum Gasteiger partial charge on any atom is -0.493 e. The summed E-state index contributed by atoms with van der Waals surface area (Å²) in [6.07, 6.45) is 8.58. The Bertz CT molecular complexity index is 1170. The lowest BCUT2D eigenvalue weighted by atomic mass is 9.77. The molecule has 2 aromatic carbocycles. The molecule has 1 fully saturated rings. The molecule has 2 aromatic rings. The van der Waals surface area contributed by atoms with E-state index in [1.54, 1.807) is 0 Å². The van der Waals surface area contributed by atoms with Crippen LogP contribution in [-0.4, -0.2) is 54.2 Å². The molecule has 2 atom stereocenters. The van der Waals surface area contributed by atoms with Crippen molar-refractivity contribution in [2.45, 2.75) is 90.3 Å². The molecule has 0 aromatic heterocycles. The van der Waals surface area contributed by atoms with Gasteiger partial charge >= 0.3 is 11.9 Å². The number of unbranched alkanes of at least 4 members (excludes halogenated alkanes) is 2. The highest BCUT2D eigenvalue weighted by Crippen LogP contribution is 2.38. The third-order valence-corrected chi connectivity index (χ3v) is 8.55. The number of rotatable bonds is 17. The van der Waals surface area contributed by atoms with Crippen LogP contribution < -0.4 is 4.74 Å². The molecule has 7 nitrogen and oxygen atoms in total. The van der Waals surface area contributed by atoms with Gasteiger partial charge in [0, 0.05) is 0 Å². The van der Waals surface area contributed by atoms with Crippen LogP contribution in [0.2, 0.25) is 0 Å². The number of esters is 2. The molecule has 3 rings (SSSR count). The molecule has 0 spiro atoms. The number of carbonyl (C=O) groups is 2. The Kier molecular flexibility index (Phi) is 14.2. The van der Waals surface area contributed by atoms with Crippen molar-refractivity contribution in [1.29, 1.82) is 0 Å². The van der Waals surface area contributed by atoms with Crippen molar-refractivity contribution in [1.82, 2.24) is 0 Å². The van der Waals surface area contributed by atoms with E-state index in [2.05, 4.69) is 44.3 Å². The van der Waals surface area contributed by atoms with Crippen LogP contribution in [0.3, 0.4) is 0 Å². The molecule has 2 N–H and O–H groups in total. The predicted molar refractivity (Wildman–Crippen MR) is 173 cm³/mol. The van der Waals surface area contributed by atoms with Crippen LogP contribution in [0.4, 0.5) is 0 Å². The van der Waals surface area contributed by atoms with E-state index in [0.717, 1.165) is 17.0 Å². The Labute approximate surface area is 262 Å². The molecule has 0 saturated heterocycles. The fourth-order valence-electron chi connectivity index (χ4n) is 5.43. The van der Waals surface area contributed by atoms with E-state index in [0.29, 0.717) is 11.7 Å². The van der Waals surface area contributed by atoms with Gasteiger partial charge in [0.1, 0.15) is 19.0 Å². The minimum atomic E-state index is -1.04. The Balaban J connectivity index is 1.54. The van der Waals surface area contributed by atoms with E-state index in [1.807, 2.05) is 24.3 Å². The Morgan fingerprint density at radius 3 is 1.75 bits per heavy atom. The maximum absolute atomic E-state index is 12.2. The minimum absolute atomic E-state index is 0.0713. The molecular formula is C37H50O7. The van der Waals surface area contributed by atoms with Crippen molar-refractivity contribution >= 4 is 11.9 Å². The van der Waals surface area contributed by atoms with E-state index < -0.39 is 30.1 Å². The Morgan fingerprint density at radius 2 is 1.27 bits per heavy atom. The number of benzene rings is 2. The standard InChI is InChI=1S/C37H50O7/c1-6-7-8-9-29-10-12-31(13-11-29)32-14-16-33(17-15-32)34-18-20-35(21-19-34)42-22-30(23-43-36(40)25(2)27(4)38)24-44-37(41)26(3)28(5)39/h14-21,27-31,38-39H,2-3,6-13,22-24H2,1,4-5H3. The van der Waals surface area contributed by atoms with Gasteiger partial charge in [0.05, 0.1) is 35.9 Å². The summed E-state index contributed by atoms with van der Waals surface area (Å²) < 4.78 is 16.5. The van der Waals surface area contributed by atoms with Crippen molar-refractivity contribution in [3.8, 4) is 16.9 Å². The first kappa shape index (κ1) is 35.1. The van der Waals surface area contributed by atoms with Gasteiger partial charge in [0.25, 0.3) is 0 Å². The van der Waals surface area contributed by atoms with Gasteiger partial charge in [0.2, 0.25) is 0 Å². The number of carbonyl (C=O) groups excluding carboxylic acids is 2. The van der Waals surface area contributed by atoms with Crippen LogP contribution in [0.1, 0.15) is 83.6 Å². The smallest absolute Gasteiger partial charge is 0.336 e. The van der Waals surface area contributed by atoms with E-state index in [1.165, 1.54) is 70.8 Å². The third-order valence-electron chi connectivity index (χ3n) is 8.55. The van der Waals surface area contributed by atoms with E-state index in [4.69, 9.17) is 14.2 Å². The maximum Gasteiger partial charge on any atom is 0.336 e. The number of aliphatic hydroxyl groups is 2. The second kappa shape index (κ2) is 17.8. The zero-order valence-electron chi connectivity index (χ0n) is 26.6. The number of aliphatic hydroxyl groups excluding tert-OH is 2. The summed E-state index contributed by atoms with van der Waals surface area (Å²) in [7, 11) is 0. The molecular weight excluding hydrogens is 556 g/mol. The fraction of sp³-hybridized carbons (Fsp3) is 0.514. The summed E-state index contributed by atoms with van der Waals surface area (Å²) in [5.41, 5.74) is 3.51. The molecule has 1 saturated carbocycles. The molecule has 7 heteroatoms. The van der Waals surface area contributed by atoms with Gasteiger partial charge in [-0.15, -0.1) is 0 Å². The van der Waals surface area contributed by atoms with Crippen LogP contribution in [0.25, 0.3) is 11.1 Å². The largest absolute Gasteiger partial charge is 0.493 e.